The molecule has 5 heteroatoms. The van der Waals surface area contributed by atoms with E-state index in [0.717, 1.165) is 5.56 Å². The standard InChI is InChI=1S/C10H11BF3.K/c12-11(13,14)9-5-4-8-10-6-2-1-3-7-10;/h1-3,5-7,9H,4,8H2;/q-1;+1/b9-5+;. The monoisotopic (exact) mass is 238 g/mol. The molecule has 0 aliphatic heterocycles. The first-order chi connectivity index (χ1) is 6.58. The van der Waals surface area contributed by atoms with Gasteiger partial charge in [0.15, 0.2) is 0 Å². The molecular formula is C10H11BF3K. The molecule has 0 aliphatic rings. The molecule has 0 bridgehead atoms. The zero-order chi connectivity index (χ0) is 10.4. The van der Waals surface area contributed by atoms with Crippen molar-refractivity contribution in [2.75, 3.05) is 0 Å². The third kappa shape index (κ3) is 8.28. The zero-order valence-electron chi connectivity index (χ0n) is 8.67. The van der Waals surface area contributed by atoms with E-state index >= 15 is 0 Å². The van der Waals surface area contributed by atoms with Crippen LogP contribution in [0.4, 0.5) is 12.9 Å². The van der Waals surface area contributed by atoms with Gasteiger partial charge in [-0.25, -0.2) is 0 Å². The van der Waals surface area contributed by atoms with Crippen LogP contribution in [0.2, 0.25) is 0 Å². The molecule has 1 aromatic carbocycles. The summed E-state index contributed by atoms with van der Waals surface area (Å²) in [6, 6.07) is 9.47. The minimum absolute atomic E-state index is 0. The van der Waals surface area contributed by atoms with Crippen molar-refractivity contribution in [3.05, 3.63) is 47.9 Å². The van der Waals surface area contributed by atoms with E-state index in [9.17, 15) is 12.9 Å². The molecule has 0 fully saturated rings. The number of rotatable bonds is 4. The maximum absolute atomic E-state index is 11.8. The molecular weight excluding hydrogens is 227 g/mol. The van der Waals surface area contributed by atoms with Gasteiger partial charge in [0, 0.05) is 0 Å². The first-order valence-electron chi connectivity index (χ1n) is 4.49. The van der Waals surface area contributed by atoms with Crippen molar-refractivity contribution < 1.29 is 64.3 Å². The summed E-state index contributed by atoms with van der Waals surface area (Å²) in [4.78, 5) is 0. The van der Waals surface area contributed by atoms with Gasteiger partial charge < -0.3 is 12.9 Å². The van der Waals surface area contributed by atoms with E-state index in [4.69, 9.17) is 0 Å². The molecule has 0 nitrogen and oxygen atoms in total. The molecule has 0 N–H and O–H groups in total. The van der Waals surface area contributed by atoms with Crippen LogP contribution in [-0.4, -0.2) is 6.98 Å². The quantitative estimate of drug-likeness (QED) is 0.672. The summed E-state index contributed by atoms with van der Waals surface area (Å²) >= 11 is 0. The Kier molecular flexibility index (Phi) is 7.91. The summed E-state index contributed by atoms with van der Waals surface area (Å²) in [5, 5.41) is 0. The Morgan fingerprint density at radius 3 is 2.20 bits per heavy atom. The number of benzene rings is 1. The summed E-state index contributed by atoms with van der Waals surface area (Å²) in [5.74, 6) is 0.350. The van der Waals surface area contributed by atoms with Gasteiger partial charge in [0.05, 0.1) is 0 Å². The van der Waals surface area contributed by atoms with Gasteiger partial charge in [-0.2, -0.15) is 0 Å². The first kappa shape index (κ1) is 15.5. The Balaban J connectivity index is 0.00000196. The van der Waals surface area contributed by atoms with Gasteiger partial charge in [0.2, 0.25) is 0 Å². The summed E-state index contributed by atoms with van der Waals surface area (Å²) in [6.07, 6.45) is 2.28. The number of aryl methyl sites for hydroxylation is 1. The Morgan fingerprint density at radius 2 is 1.67 bits per heavy atom. The molecule has 0 heterocycles. The van der Waals surface area contributed by atoms with Gasteiger partial charge in [-0.3, -0.25) is 0 Å². The first-order valence-corrected chi connectivity index (χ1v) is 4.49. The average Bonchev–Trinajstić information content (AvgIpc) is 2.13. The molecule has 0 spiro atoms. The number of halogens is 3. The molecule has 15 heavy (non-hydrogen) atoms. The van der Waals surface area contributed by atoms with Crippen LogP contribution >= 0.6 is 0 Å². The second-order valence-electron chi connectivity index (χ2n) is 3.08. The summed E-state index contributed by atoms with van der Waals surface area (Å²) in [5.41, 5.74) is 1.06. The largest absolute Gasteiger partial charge is 1.00 e. The van der Waals surface area contributed by atoms with Crippen molar-refractivity contribution in [3.63, 3.8) is 0 Å². The summed E-state index contributed by atoms with van der Waals surface area (Å²) in [6.45, 7) is -4.77. The number of allylic oxidation sites excluding steroid dienone is 1. The van der Waals surface area contributed by atoms with Gasteiger partial charge in [-0.15, -0.1) is 12.1 Å². The van der Waals surface area contributed by atoms with Crippen LogP contribution in [0.3, 0.4) is 0 Å². The van der Waals surface area contributed by atoms with E-state index in [2.05, 4.69) is 0 Å². The van der Waals surface area contributed by atoms with Crippen molar-refractivity contribution in [2.24, 2.45) is 0 Å². The molecule has 1 aromatic rings. The molecule has 1 rings (SSSR count). The molecule has 0 unspecified atom stereocenters. The fraction of sp³-hybridized carbons (Fsp3) is 0.200. The van der Waals surface area contributed by atoms with E-state index < -0.39 is 6.98 Å². The smallest absolute Gasteiger partial charge is 0.445 e. The van der Waals surface area contributed by atoms with Gasteiger partial charge in [0.25, 0.3) is 0 Å². The van der Waals surface area contributed by atoms with Gasteiger partial charge in [-0.05, 0) is 18.4 Å². The van der Waals surface area contributed by atoms with E-state index in [1.807, 2.05) is 30.3 Å². The van der Waals surface area contributed by atoms with Crippen molar-refractivity contribution in [3.8, 4) is 0 Å². The van der Waals surface area contributed by atoms with Crippen LogP contribution in [0.15, 0.2) is 42.4 Å². The number of hydrogen-bond donors (Lipinski definition) is 0. The van der Waals surface area contributed by atoms with Crippen LogP contribution in [0, 0.1) is 0 Å². The zero-order valence-corrected chi connectivity index (χ0v) is 11.8. The maximum atomic E-state index is 11.8. The van der Waals surface area contributed by atoms with Crippen LogP contribution in [0.1, 0.15) is 12.0 Å². The predicted octanol–water partition coefficient (Wildman–Crippen LogP) is 0.566. The molecule has 0 saturated carbocycles. The van der Waals surface area contributed by atoms with E-state index in [1.165, 1.54) is 6.08 Å². The third-order valence-electron chi connectivity index (χ3n) is 1.80. The van der Waals surface area contributed by atoms with E-state index in [-0.39, 0.29) is 51.4 Å². The van der Waals surface area contributed by atoms with Crippen molar-refractivity contribution >= 4 is 6.98 Å². The second-order valence-corrected chi connectivity index (χ2v) is 3.08. The van der Waals surface area contributed by atoms with Crippen molar-refractivity contribution in [2.45, 2.75) is 12.8 Å². The molecule has 0 saturated heterocycles. The van der Waals surface area contributed by atoms with Crippen LogP contribution in [-0.2, 0) is 6.42 Å². The summed E-state index contributed by atoms with van der Waals surface area (Å²) in [7, 11) is 0. The van der Waals surface area contributed by atoms with E-state index in [0.29, 0.717) is 18.8 Å². The Morgan fingerprint density at radius 1 is 1.07 bits per heavy atom. The second kappa shape index (κ2) is 7.68. The van der Waals surface area contributed by atoms with Crippen molar-refractivity contribution in [1.82, 2.24) is 0 Å². The van der Waals surface area contributed by atoms with Gasteiger partial charge in [-0.1, -0.05) is 30.3 Å². The molecule has 0 atom stereocenters. The van der Waals surface area contributed by atoms with Crippen LogP contribution < -0.4 is 51.4 Å². The maximum Gasteiger partial charge on any atom is 1.00 e. The predicted molar refractivity (Wildman–Crippen MR) is 53.0 cm³/mol. The Labute approximate surface area is 130 Å². The normalized spacial score (nSPS) is 11.4. The fourth-order valence-corrected chi connectivity index (χ4v) is 1.15. The van der Waals surface area contributed by atoms with Crippen molar-refractivity contribution in [1.29, 1.82) is 0 Å². The Hall–Kier alpha value is 0.451. The van der Waals surface area contributed by atoms with Gasteiger partial charge >= 0.3 is 58.4 Å². The SMILES string of the molecule is F[B-](F)(F)/C=C/CCc1ccccc1.[K+]. The average molecular weight is 238 g/mol. The molecule has 0 aliphatic carbocycles. The topological polar surface area (TPSA) is 0 Å². The van der Waals surface area contributed by atoms with E-state index in [1.54, 1.807) is 0 Å². The minimum Gasteiger partial charge on any atom is -0.445 e. The molecule has 76 valence electrons. The molecule has 0 aromatic heterocycles. The Bertz CT molecular complexity index is 295. The van der Waals surface area contributed by atoms with Crippen LogP contribution in [0.5, 0.6) is 0 Å². The fourth-order valence-electron chi connectivity index (χ4n) is 1.15. The minimum atomic E-state index is -4.77. The molecule has 0 amide bonds. The van der Waals surface area contributed by atoms with Gasteiger partial charge in [0.1, 0.15) is 0 Å². The van der Waals surface area contributed by atoms with Crippen LogP contribution in [0.25, 0.3) is 0 Å². The number of hydrogen-bond acceptors (Lipinski definition) is 0. The summed E-state index contributed by atoms with van der Waals surface area (Å²) < 4.78 is 35.3. The third-order valence-corrected chi connectivity index (χ3v) is 1.80. The molecule has 0 radical (unpaired) electrons.